The number of H-pyrrole nitrogens is 1. The predicted molar refractivity (Wildman–Crippen MR) is 126 cm³/mol. The second kappa shape index (κ2) is 9.18. The zero-order valence-corrected chi connectivity index (χ0v) is 18.5. The van der Waals surface area contributed by atoms with Crippen molar-refractivity contribution in [2.24, 2.45) is 5.73 Å². The Morgan fingerprint density at radius 3 is 2.84 bits per heavy atom. The maximum atomic E-state index is 5.89. The van der Waals surface area contributed by atoms with Crippen molar-refractivity contribution in [3.05, 3.63) is 48.3 Å². The molecule has 166 valence electrons. The number of fused-ring (bicyclic) bond motifs is 1. The Kier molecular flexibility index (Phi) is 5.96. The fourth-order valence-electron chi connectivity index (χ4n) is 4.39. The van der Waals surface area contributed by atoms with Gasteiger partial charge in [-0.3, -0.25) is 4.68 Å². The summed E-state index contributed by atoms with van der Waals surface area (Å²) in [5.74, 6) is 0.674. The van der Waals surface area contributed by atoms with Crippen molar-refractivity contribution in [1.29, 1.82) is 0 Å². The molecule has 8 nitrogen and oxygen atoms in total. The minimum atomic E-state index is 0.326. The third-order valence-corrected chi connectivity index (χ3v) is 6.19. The molecule has 0 amide bonds. The Morgan fingerprint density at radius 1 is 1.16 bits per heavy atom. The number of piperidine rings is 1. The number of hydrogen-bond acceptors (Lipinski definition) is 6. The molecule has 0 aromatic carbocycles. The largest absolute Gasteiger partial charge is 0.345 e. The third-order valence-electron chi connectivity index (χ3n) is 6.19. The predicted octanol–water partition coefficient (Wildman–Crippen LogP) is 3.61. The summed E-state index contributed by atoms with van der Waals surface area (Å²) in [6, 6.07) is 6.77. The molecule has 8 heteroatoms. The van der Waals surface area contributed by atoms with Crippen LogP contribution in [0, 0.1) is 0 Å². The van der Waals surface area contributed by atoms with E-state index in [9.17, 15) is 0 Å². The molecule has 0 aliphatic carbocycles. The number of nitrogens with two attached hydrogens (primary N) is 1. The minimum Gasteiger partial charge on any atom is -0.345 e. The first-order valence-corrected chi connectivity index (χ1v) is 11.6. The van der Waals surface area contributed by atoms with E-state index in [-0.39, 0.29) is 0 Å². The summed E-state index contributed by atoms with van der Waals surface area (Å²) < 4.78 is 2.11. The molecule has 0 saturated carbocycles. The van der Waals surface area contributed by atoms with Crippen LogP contribution in [0.4, 0.5) is 0 Å². The van der Waals surface area contributed by atoms with Crippen molar-refractivity contribution >= 4 is 11.0 Å². The van der Waals surface area contributed by atoms with Crippen LogP contribution < -0.4 is 11.1 Å². The second-order valence-electron chi connectivity index (χ2n) is 8.45. The first-order valence-electron chi connectivity index (χ1n) is 11.6. The molecule has 4 aromatic heterocycles. The molecule has 5 heterocycles. The van der Waals surface area contributed by atoms with Crippen LogP contribution in [0.15, 0.2) is 36.8 Å². The Morgan fingerprint density at radius 2 is 2.03 bits per heavy atom. The highest BCUT2D eigenvalue weighted by Crippen LogP contribution is 2.30. The summed E-state index contributed by atoms with van der Waals surface area (Å²) in [5, 5.41) is 9.31. The summed E-state index contributed by atoms with van der Waals surface area (Å²) in [6.07, 6.45) is 11.3. The molecule has 1 saturated heterocycles. The molecule has 0 atom stereocenters. The molecule has 0 unspecified atom stereocenters. The average Bonchev–Trinajstić information content (AvgIpc) is 3.50. The van der Waals surface area contributed by atoms with Gasteiger partial charge < -0.3 is 16.0 Å². The number of aryl methyl sites for hydroxylation is 1. The molecule has 5 rings (SSSR count). The van der Waals surface area contributed by atoms with Crippen molar-refractivity contribution in [3.63, 3.8) is 0 Å². The van der Waals surface area contributed by atoms with Crippen molar-refractivity contribution < 1.29 is 0 Å². The smallest absolute Gasteiger partial charge is 0.142 e. The van der Waals surface area contributed by atoms with Crippen LogP contribution in [0.1, 0.15) is 50.2 Å². The van der Waals surface area contributed by atoms with Gasteiger partial charge >= 0.3 is 0 Å². The van der Waals surface area contributed by atoms with Crippen molar-refractivity contribution in [1.82, 2.24) is 35.0 Å². The molecule has 4 aromatic rings. The molecule has 0 spiro atoms. The van der Waals surface area contributed by atoms with Crippen LogP contribution in [0.25, 0.3) is 33.5 Å². The highest BCUT2D eigenvalue weighted by molar-refractivity contribution is 5.94. The SMILES string of the molecule is CCCCc1cc(-c2c[nH]c3ncc(-c4ccn(C5CCNCC5)n4)cc23)nc(CN)n1. The van der Waals surface area contributed by atoms with E-state index in [1.54, 1.807) is 0 Å². The monoisotopic (exact) mass is 430 g/mol. The van der Waals surface area contributed by atoms with Crippen molar-refractivity contribution in [3.8, 4) is 22.5 Å². The van der Waals surface area contributed by atoms with E-state index in [2.05, 4.69) is 56.3 Å². The van der Waals surface area contributed by atoms with E-state index in [1.165, 1.54) is 0 Å². The van der Waals surface area contributed by atoms with E-state index >= 15 is 0 Å². The fourth-order valence-corrected chi connectivity index (χ4v) is 4.39. The molecular weight excluding hydrogens is 400 g/mol. The summed E-state index contributed by atoms with van der Waals surface area (Å²) in [7, 11) is 0. The molecule has 1 aliphatic rings. The number of nitrogens with zero attached hydrogens (tertiary/aromatic N) is 5. The molecule has 32 heavy (non-hydrogen) atoms. The quantitative estimate of drug-likeness (QED) is 0.413. The molecule has 0 radical (unpaired) electrons. The summed E-state index contributed by atoms with van der Waals surface area (Å²) in [4.78, 5) is 17.3. The van der Waals surface area contributed by atoms with Gasteiger partial charge in [0.15, 0.2) is 0 Å². The maximum Gasteiger partial charge on any atom is 0.142 e. The Labute approximate surface area is 187 Å². The number of aromatic nitrogens is 6. The molecule has 1 aliphatic heterocycles. The fraction of sp³-hybridized carbons (Fsp3) is 0.417. The number of nitrogens with one attached hydrogen (secondary N) is 2. The minimum absolute atomic E-state index is 0.326. The topological polar surface area (TPSA) is 110 Å². The highest BCUT2D eigenvalue weighted by atomic mass is 15.3. The maximum absolute atomic E-state index is 5.89. The van der Waals surface area contributed by atoms with Gasteiger partial charge in [0.1, 0.15) is 11.5 Å². The Balaban J connectivity index is 1.50. The van der Waals surface area contributed by atoms with E-state index in [1.807, 2.05) is 12.4 Å². The van der Waals surface area contributed by atoms with Gasteiger partial charge in [0, 0.05) is 40.8 Å². The average molecular weight is 431 g/mol. The lowest BCUT2D eigenvalue weighted by molar-refractivity contribution is 0.343. The number of unbranched alkanes of at least 4 members (excludes halogenated alkanes) is 1. The number of pyridine rings is 1. The standard InChI is InChI=1S/C24H30N8/c1-2-3-4-17-12-22(30-23(13-25)29-17)20-15-28-24-19(20)11-16(14-27-24)21-7-10-32(31-21)18-5-8-26-9-6-18/h7,10-12,14-15,18,26H,2-6,8-9,13,25H2,1H3,(H,27,28). The molecule has 4 N–H and O–H groups in total. The van der Waals surface area contributed by atoms with Crippen LogP contribution in [0.2, 0.25) is 0 Å². The first kappa shape index (κ1) is 20.8. The van der Waals surface area contributed by atoms with Crippen LogP contribution in [0.3, 0.4) is 0 Å². The van der Waals surface area contributed by atoms with Gasteiger partial charge in [0.2, 0.25) is 0 Å². The van der Waals surface area contributed by atoms with Crippen LogP contribution in [-0.4, -0.2) is 42.8 Å². The summed E-state index contributed by atoms with van der Waals surface area (Å²) in [5.41, 5.74) is 11.6. The van der Waals surface area contributed by atoms with E-state index in [0.29, 0.717) is 18.4 Å². The van der Waals surface area contributed by atoms with Gasteiger partial charge in [-0.25, -0.2) is 15.0 Å². The lowest BCUT2D eigenvalue weighted by Crippen LogP contribution is -2.29. The van der Waals surface area contributed by atoms with Gasteiger partial charge in [0.25, 0.3) is 0 Å². The van der Waals surface area contributed by atoms with Gasteiger partial charge in [-0.15, -0.1) is 0 Å². The van der Waals surface area contributed by atoms with Crippen molar-refractivity contribution in [2.75, 3.05) is 13.1 Å². The lowest BCUT2D eigenvalue weighted by Gasteiger charge is -2.22. The molecule has 1 fully saturated rings. The first-order chi connectivity index (χ1) is 15.7. The molecular formula is C24H30N8. The van der Waals surface area contributed by atoms with Crippen LogP contribution in [0.5, 0.6) is 0 Å². The van der Waals surface area contributed by atoms with Gasteiger partial charge in [-0.2, -0.15) is 5.10 Å². The summed E-state index contributed by atoms with van der Waals surface area (Å²) in [6.45, 7) is 4.60. The number of aromatic amines is 1. The summed E-state index contributed by atoms with van der Waals surface area (Å²) >= 11 is 0. The lowest BCUT2D eigenvalue weighted by atomic mass is 10.1. The molecule has 0 bridgehead atoms. The third kappa shape index (κ3) is 4.16. The van der Waals surface area contributed by atoms with Gasteiger partial charge in [-0.1, -0.05) is 13.3 Å². The Bertz CT molecular complexity index is 1200. The van der Waals surface area contributed by atoms with E-state index < -0.39 is 0 Å². The Hall–Kier alpha value is -3.10. The zero-order valence-electron chi connectivity index (χ0n) is 18.5. The zero-order chi connectivity index (χ0) is 21.9. The highest BCUT2D eigenvalue weighted by Gasteiger charge is 2.17. The van der Waals surface area contributed by atoms with Gasteiger partial charge in [0.05, 0.1) is 24.0 Å². The van der Waals surface area contributed by atoms with E-state index in [0.717, 1.165) is 84.4 Å². The van der Waals surface area contributed by atoms with Crippen molar-refractivity contribution in [2.45, 2.75) is 51.6 Å². The van der Waals surface area contributed by atoms with Gasteiger partial charge in [-0.05, 0) is 57.0 Å². The number of hydrogen-bond donors (Lipinski definition) is 3. The van der Waals surface area contributed by atoms with Crippen LogP contribution in [-0.2, 0) is 13.0 Å². The normalized spacial score (nSPS) is 14.9. The second-order valence-corrected chi connectivity index (χ2v) is 8.45. The number of rotatable bonds is 7. The van der Waals surface area contributed by atoms with Crippen LogP contribution >= 0.6 is 0 Å². The van der Waals surface area contributed by atoms with E-state index in [4.69, 9.17) is 15.8 Å².